The molecule has 0 spiro atoms. The zero-order valence-electron chi connectivity index (χ0n) is 14.2. The first-order valence-electron chi connectivity index (χ1n) is 8.14. The molecule has 0 saturated heterocycles. The van der Waals surface area contributed by atoms with Crippen LogP contribution in [-0.4, -0.2) is 34.6 Å². The van der Waals surface area contributed by atoms with Gasteiger partial charge in [0.25, 0.3) is 0 Å². The van der Waals surface area contributed by atoms with Crippen LogP contribution in [0.4, 0.5) is 5.69 Å². The Kier molecular flexibility index (Phi) is 6.04. The number of carbonyl (C=O) groups excluding carboxylic acids is 2. The largest absolute Gasteiger partial charge is 0.354 e. The number of rotatable bonds is 6. The lowest BCUT2D eigenvalue weighted by Gasteiger charge is -2.33. The molecule has 1 aromatic heterocycles. The summed E-state index contributed by atoms with van der Waals surface area (Å²) < 4.78 is 0. The molecule has 0 aromatic carbocycles. The molecule has 2 amide bonds. The summed E-state index contributed by atoms with van der Waals surface area (Å²) >= 11 is 1.40. The van der Waals surface area contributed by atoms with Gasteiger partial charge in [0.1, 0.15) is 5.03 Å². The molecule has 1 aliphatic heterocycles. The van der Waals surface area contributed by atoms with Crippen LogP contribution in [0, 0.1) is 5.92 Å². The third-order valence-electron chi connectivity index (χ3n) is 3.78. The fourth-order valence-electron chi connectivity index (χ4n) is 2.44. The van der Waals surface area contributed by atoms with Crippen LogP contribution in [0.25, 0.3) is 0 Å². The number of hydrogen-bond donors (Lipinski definition) is 1. The zero-order valence-corrected chi connectivity index (χ0v) is 15.0. The monoisotopic (exact) mass is 335 g/mol. The normalized spacial score (nSPS) is 18.7. The molecule has 0 aliphatic carbocycles. The Morgan fingerprint density at radius 3 is 2.83 bits per heavy atom. The van der Waals surface area contributed by atoms with Crippen LogP contribution < -0.4 is 10.2 Å². The van der Waals surface area contributed by atoms with Gasteiger partial charge in [-0.15, -0.1) is 0 Å². The van der Waals surface area contributed by atoms with Gasteiger partial charge >= 0.3 is 0 Å². The van der Waals surface area contributed by atoms with Gasteiger partial charge in [0.2, 0.25) is 11.8 Å². The smallest absolute Gasteiger partial charge is 0.241 e. The van der Waals surface area contributed by atoms with Gasteiger partial charge in [-0.25, -0.2) is 4.98 Å². The van der Waals surface area contributed by atoms with Gasteiger partial charge in [-0.1, -0.05) is 32.5 Å². The van der Waals surface area contributed by atoms with Crippen molar-refractivity contribution in [1.29, 1.82) is 0 Å². The number of aromatic nitrogens is 1. The van der Waals surface area contributed by atoms with E-state index in [-0.39, 0.29) is 24.3 Å². The van der Waals surface area contributed by atoms with Crippen LogP contribution in [-0.2, 0) is 9.59 Å². The second-order valence-electron chi connectivity index (χ2n) is 6.36. The summed E-state index contributed by atoms with van der Waals surface area (Å²) in [4.78, 5) is 31.1. The Morgan fingerprint density at radius 2 is 2.17 bits per heavy atom. The van der Waals surface area contributed by atoms with Crippen molar-refractivity contribution in [3.05, 3.63) is 18.3 Å². The van der Waals surface area contributed by atoms with E-state index in [0.29, 0.717) is 12.5 Å². The number of pyridine rings is 1. The van der Waals surface area contributed by atoms with Crippen LogP contribution >= 0.6 is 11.8 Å². The van der Waals surface area contributed by atoms with Crippen molar-refractivity contribution >= 4 is 29.3 Å². The number of anilines is 1. The number of nitrogens with zero attached hydrogens (tertiary/aromatic N) is 2. The quantitative estimate of drug-likeness (QED) is 0.868. The molecule has 23 heavy (non-hydrogen) atoms. The van der Waals surface area contributed by atoms with Crippen molar-refractivity contribution in [3.8, 4) is 0 Å². The lowest BCUT2D eigenvalue weighted by molar-refractivity contribution is -0.125. The minimum absolute atomic E-state index is 0.00324. The maximum atomic E-state index is 12.8. The van der Waals surface area contributed by atoms with Crippen LogP contribution in [0.1, 0.15) is 40.5 Å². The lowest BCUT2D eigenvalue weighted by Crippen LogP contribution is -2.45. The molecular formula is C17H25N3O2S. The fraction of sp³-hybridized carbons (Fsp3) is 0.588. The molecule has 126 valence electrons. The van der Waals surface area contributed by atoms with Crippen molar-refractivity contribution in [3.63, 3.8) is 0 Å². The topological polar surface area (TPSA) is 62.3 Å². The van der Waals surface area contributed by atoms with E-state index in [2.05, 4.69) is 24.1 Å². The number of carbonyl (C=O) groups is 2. The third-order valence-corrected chi connectivity index (χ3v) is 4.97. The molecule has 0 unspecified atom stereocenters. The molecule has 2 rings (SSSR count). The van der Waals surface area contributed by atoms with Crippen molar-refractivity contribution in [1.82, 2.24) is 10.3 Å². The van der Waals surface area contributed by atoms with Crippen molar-refractivity contribution < 1.29 is 9.59 Å². The Morgan fingerprint density at radius 1 is 1.43 bits per heavy atom. The predicted molar refractivity (Wildman–Crippen MR) is 93.6 cm³/mol. The molecule has 5 nitrogen and oxygen atoms in total. The van der Waals surface area contributed by atoms with E-state index in [0.717, 1.165) is 17.1 Å². The molecule has 6 heteroatoms. The Labute approximate surface area is 142 Å². The molecule has 1 aliphatic rings. The van der Waals surface area contributed by atoms with E-state index in [4.69, 9.17) is 0 Å². The Bertz CT molecular complexity index is 577. The van der Waals surface area contributed by atoms with Crippen LogP contribution in [0.2, 0.25) is 0 Å². The van der Waals surface area contributed by atoms with Gasteiger partial charge in [0.15, 0.2) is 0 Å². The molecule has 0 bridgehead atoms. The summed E-state index contributed by atoms with van der Waals surface area (Å²) in [6, 6.07) is 3.89. The summed E-state index contributed by atoms with van der Waals surface area (Å²) in [7, 11) is 0. The minimum Gasteiger partial charge on any atom is -0.354 e. The second-order valence-corrected chi connectivity index (χ2v) is 7.55. The maximum Gasteiger partial charge on any atom is 0.241 e. The molecular weight excluding hydrogens is 310 g/mol. The maximum absolute atomic E-state index is 12.8. The molecule has 0 radical (unpaired) electrons. The zero-order chi connectivity index (χ0) is 17.0. The van der Waals surface area contributed by atoms with E-state index in [1.54, 1.807) is 11.1 Å². The van der Waals surface area contributed by atoms with Crippen molar-refractivity contribution in [2.24, 2.45) is 5.92 Å². The summed E-state index contributed by atoms with van der Waals surface area (Å²) in [6.45, 7) is 8.79. The van der Waals surface area contributed by atoms with E-state index in [1.807, 2.05) is 26.0 Å². The van der Waals surface area contributed by atoms with Crippen molar-refractivity contribution in [2.45, 2.75) is 56.9 Å². The predicted octanol–water partition coefficient (Wildman–Crippen LogP) is 2.85. The molecule has 0 fully saturated rings. The van der Waals surface area contributed by atoms with E-state index in [1.165, 1.54) is 11.8 Å². The average Bonchev–Trinajstić information content (AvgIpc) is 2.50. The number of hydrogen-bond acceptors (Lipinski definition) is 4. The van der Waals surface area contributed by atoms with Gasteiger partial charge in [0, 0.05) is 25.2 Å². The summed E-state index contributed by atoms with van der Waals surface area (Å²) in [6.07, 6.45) is 2.80. The molecule has 2 heterocycles. The highest BCUT2D eigenvalue weighted by atomic mass is 32.2. The lowest BCUT2D eigenvalue weighted by atomic mass is 10.1. The number of nitrogens with one attached hydrogen (secondary N) is 1. The Balaban J connectivity index is 2.17. The van der Waals surface area contributed by atoms with Crippen molar-refractivity contribution in [2.75, 3.05) is 11.4 Å². The first-order valence-corrected chi connectivity index (χ1v) is 9.02. The van der Waals surface area contributed by atoms with E-state index < -0.39 is 5.25 Å². The molecule has 1 aromatic rings. The van der Waals surface area contributed by atoms with Crippen LogP contribution in [0.3, 0.4) is 0 Å². The first kappa shape index (κ1) is 17.8. The minimum atomic E-state index is -0.403. The number of fused-ring (bicyclic) bond motifs is 1. The summed E-state index contributed by atoms with van der Waals surface area (Å²) in [5.41, 5.74) is 0.856. The molecule has 1 N–H and O–H groups in total. The summed E-state index contributed by atoms with van der Waals surface area (Å²) in [5.74, 6) is 0.280. The van der Waals surface area contributed by atoms with Gasteiger partial charge in [0.05, 0.1) is 10.9 Å². The van der Waals surface area contributed by atoms with Crippen LogP contribution in [0.15, 0.2) is 23.4 Å². The average molecular weight is 335 g/mol. The number of thioether (sulfide) groups is 1. The Hall–Kier alpha value is -1.56. The highest BCUT2D eigenvalue weighted by Crippen LogP contribution is 2.39. The standard InChI is InChI=1S/C17H25N3O2S/c1-5-12(4)19-15(21)9-14-17(22)20(10-11(2)3)13-7-6-8-18-16(13)23-14/h6-8,11-12,14H,5,9-10H2,1-4H3,(H,19,21)/t12-,14+/m1/s1. The van der Waals surface area contributed by atoms with Crippen LogP contribution in [0.5, 0.6) is 0 Å². The van der Waals surface area contributed by atoms with Gasteiger partial charge in [-0.05, 0) is 31.4 Å². The van der Waals surface area contributed by atoms with E-state index >= 15 is 0 Å². The SMILES string of the molecule is CC[C@@H](C)NC(=O)C[C@@H]1Sc2ncccc2N(CC(C)C)C1=O. The highest BCUT2D eigenvalue weighted by molar-refractivity contribution is 8.00. The fourth-order valence-corrected chi connectivity index (χ4v) is 3.60. The summed E-state index contributed by atoms with van der Waals surface area (Å²) in [5, 5.41) is 3.36. The van der Waals surface area contributed by atoms with Gasteiger partial charge in [-0.2, -0.15) is 0 Å². The van der Waals surface area contributed by atoms with E-state index in [9.17, 15) is 9.59 Å². The first-order chi connectivity index (χ1) is 10.9. The van der Waals surface area contributed by atoms with Gasteiger partial charge < -0.3 is 10.2 Å². The molecule has 0 saturated carbocycles. The molecule has 2 atom stereocenters. The second kappa shape index (κ2) is 7.81. The third kappa shape index (κ3) is 4.47. The highest BCUT2D eigenvalue weighted by Gasteiger charge is 2.35. The number of amides is 2. The van der Waals surface area contributed by atoms with Gasteiger partial charge in [-0.3, -0.25) is 9.59 Å².